The molecule has 0 atom stereocenters. The van der Waals surface area contributed by atoms with Crippen molar-refractivity contribution in [1.82, 2.24) is 9.13 Å². The van der Waals surface area contributed by atoms with Gasteiger partial charge in [-0.25, -0.2) is 0 Å². The molecule has 0 saturated heterocycles. The van der Waals surface area contributed by atoms with Gasteiger partial charge in [-0.2, -0.15) is 0 Å². The fraction of sp³-hybridized carbons (Fsp3) is 0. The van der Waals surface area contributed by atoms with E-state index in [1.54, 1.807) is 0 Å². The Labute approximate surface area is 291 Å². The third-order valence-corrected chi connectivity index (χ3v) is 8.88. The Balaban J connectivity index is 0.000000128. The van der Waals surface area contributed by atoms with E-state index in [0.29, 0.717) is 0 Å². The fourth-order valence-corrected chi connectivity index (χ4v) is 6.93. The van der Waals surface area contributed by atoms with Crippen molar-refractivity contribution < 1.29 is 20.8 Å². The number of fused-ring (bicyclic) bond motifs is 8. The summed E-state index contributed by atoms with van der Waals surface area (Å²) in [6.45, 7) is 0. The first-order valence-corrected chi connectivity index (χ1v) is 21.8. The standard InChI is InChI=1S/2C21H14N.2ClH.Zr/c2*1-2-8-16-14-17(13-15(16)7-1)22-20-11-5-3-9-18(20)19-10-4-6-12-21(19)22;;;/h2*1-14H;2*1H;/q2*-1;;;+4/p-2. The zero-order chi connectivity index (χ0) is 31.7. The minimum atomic E-state index is -0.826. The summed E-state index contributed by atoms with van der Waals surface area (Å²) in [5.41, 5.74) is 7.52. The molecule has 5 heteroatoms. The maximum Gasteiger partial charge on any atom is 0.0523 e. The number of hydrogen-bond acceptors (Lipinski definition) is 0. The Morgan fingerprint density at radius 3 is 0.979 bits per heavy atom. The summed E-state index contributed by atoms with van der Waals surface area (Å²) in [5.74, 6) is 0. The Morgan fingerprint density at radius 1 is 0.383 bits per heavy atom. The first-order valence-electron chi connectivity index (χ1n) is 15.5. The molecule has 10 aromatic rings. The van der Waals surface area contributed by atoms with Gasteiger partial charge in [0, 0.05) is 21.5 Å². The van der Waals surface area contributed by atoms with Gasteiger partial charge in [0.05, 0.1) is 22.1 Å². The van der Waals surface area contributed by atoms with E-state index in [2.05, 4.69) is 179 Å². The molecule has 0 saturated carbocycles. The maximum atomic E-state index is 4.93. The van der Waals surface area contributed by atoms with E-state index in [1.165, 1.54) is 76.5 Å². The number of para-hydroxylation sites is 4. The molecule has 0 amide bonds. The molecular weight excluding hydrogens is 695 g/mol. The Bertz CT molecular complexity index is 2300. The van der Waals surface area contributed by atoms with Gasteiger partial charge in [-0.15, -0.1) is 82.2 Å². The van der Waals surface area contributed by atoms with Crippen LogP contribution in [-0.4, -0.2) is 9.13 Å². The number of rotatable bonds is 2. The summed E-state index contributed by atoms with van der Waals surface area (Å²) in [4.78, 5) is 0. The van der Waals surface area contributed by atoms with Gasteiger partial charge < -0.3 is 9.13 Å². The van der Waals surface area contributed by atoms with E-state index < -0.39 is 20.8 Å². The normalized spacial score (nSPS) is 11.1. The topological polar surface area (TPSA) is 9.86 Å². The van der Waals surface area contributed by atoms with Crippen LogP contribution in [0.25, 0.3) is 76.5 Å². The van der Waals surface area contributed by atoms with Gasteiger partial charge in [0.15, 0.2) is 0 Å². The number of halogens is 2. The van der Waals surface area contributed by atoms with Crippen molar-refractivity contribution in [1.29, 1.82) is 0 Å². The fourth-order valence-electron chi connectivity index (χ4n) is 6.93. The largest absolute Gasteiger partial charge is 0.328 e. The van der Waals surface area contributed by atoms with Gasteiger partial charge in [-0.3, -0.25) is 0 Å². The zero-order valence-electron chi connectivity index (χ0n) is 25.3. The van der Waals surface area contributed by atoms with Crippen molar-refractivity contribution in [2.24, 2.45) is 0 Å². The minimum absolute atomic E-state index is 0.826. The van der Waals surface area contributed by atoms with Gasteiger partial charge in [-0.05, 0) is 35.6 Å². The number of hydrogen-bond donors (Lipinski definition) is 0. The molecule has 0 aliphatic rings. The molecule has 224 valence electrons. The zero-order valence-corrected chi connectivity index (χ0v) is 29.3. The molecule has 8 aromatic carbocycles. The molecule has 2 heterocycles. The Morgan fingerprint density at radius 2 is 0.660 bits per heavy atom. The van der Waals surface area contributed by atoms with Crippen molar-refractivity contribution in [2.45, 2.75) is 0 Å². The molecule has 0 aliphatic carbocycles. The van der Waals surface area contributed by atoms with Crippen LogP contribution in [0.5, 0.6) is 0 Å². The second kappa shape index (κ2) is 13.0. The van der Waals surface area contributed by atoms with E-state index in [-0.39, 0.29) is 0 Å². The van der Waals surface area contributed by atoms with E-state index in [9.17, 15) is 0 Å². The number of nitrogens with zero attached hydrogens (tertiary/aromatic N) is 2. The average molecular weight is 723 g/mol. The molecule has 0 radical (unpaired) electrons. The van der Waals surface area contributed by atoms with Crippen LogP contribution in [0.4, 0.5) is 0 Å². The minimum Gasteiger partial charge on any atom is -0.328 e. The first-order chi connectivity index (χ1) is 23.2. The predicted octanol–water partition coefficient (Wildman–Crippen LogP) is 12.7. The van der Waals surface area contributed by atoms with E-state index >= 15 is 0 Å². The molecule has 0 fully saturated rings. The van der Waals surface area contributed by atoms with Crippen molar-refractivity contribution in [3.63, 3.8) is 0 Å². The molecule has 0 N–H and O–H groups in total. The van der Waals surface area contributed by atoms with Crippen LogP contribution in [-0.2, 0) is 20.8 Å². The van der Waals surface area contributed by atoms with Crippen LogP contribution in [0.3, 0.4) is 0 Å². The SMILES string of the molecule is [Cl][Zr+2][Cl].c1ccc2[cH-]c(-n3c4ccccc4c4ccccc43)cc2c1.c1ccc2[cH-]c(-n3c4ccccc4c4ccccc43)cc2c1. The van der Waals surface area contributed by atoms with Crippen molar-refractivity contribution in [3.05, 3.63) is 170 Å². The molecule has 10 rings (SSSR count). The van der Waals surface area contributed by atoms with Crippen LogP contribution < -0.4 is 0 Å². The van der Waals surface area contributed by atoms with Crippen LogP contribution in [0.2, 0.25) is 0 Å². The molecule has 0 spiro atoms. The summed E-state index contributed by atoms with van der Waals surface area (Å²) in [7, 11) is 9.87. The monoisotopic (exact) mass is 720 g/mol. The number of benzene rings is 6. The summed E-state index contributed by atoms with van der Waals surface area (Å²) in [6.07, 6.45) is 0. The predicted molar refractivity (Wildman–Crippen MR) is 199 cm³/mol. The maximum absolute atomic E-state index is 4.93. The molecule has 0 aliphatic heterocycles. The Kier molecular flexibility index (Phi) is 8.30. The quantitative estimate of drug-likeness (QED) is 0.157. The van der Waals surface area contributed by atoms with E-state index in [1.807, 2.05) is 0 Å². The second-order valence-corrected chi connectivity index (χ2v) is 15.2. The third kappa shape index (κ3) is 5.43. The molecular formula is C42H28Cl2N2Zr. The van der Waals surface area contributed by atoms with Crippen molar-refractivity contribution in [2.75, 3.05) is 0 Å². The summed E-state index contributed by atoms with van der Waals surface area (Å²) >= 11 is -0.826. The van der Waals surface area contributed by atoms with Crippen LogP contribution >= 0.6 is 17.0 Å². The Hall–Kier alpha value is -4.40. The molecule has 2 nitrogen and oxygen atoms in total. The van der Waals surface area contributed by atoms with E-state index in [4.69, 9.17) is 17.0 Å². The molecule has 2 aromatic heterocycles. The van der Waals surface area contributed by atoms with E-state index in [0.717, 1.165) is 0 Å². The molecule has 0 bridgehead atoms. The van der Waals surface area contributed by atoms with Gasteiger partial charge in [-0.1, -0.05) is 84.9 Å². The average Bonchev–Trinajstić information content (AvgIpc) is 3.89. The van der Waals surface area contributed by atoms with Crippen molar-refractivity contribution in [3.8, 4) is 11.4 Å². The third-order valence-electron chi connectivity index (χ3n) is 8.88. The first kappa shape index (κ1) is 30.0. The molecule has 47 heavy (non-hydrogen) atoms. The van der Waals surface area contributed by atoms with Gasteiger partial charge in [0.2, 0.25) is 0 Å². The summed E-state index contributed by atoms with van der Waals surface area (Å²) in [5, 5.41) is 10.4. The second-order valence-electron chi connectivity index (χ2n) is 11.5. The van der Waals surface area contributed by atoms with Crippen molar-refractivity contribution >= 4 is 82.2 Å². The summed E-state index contributed by atoms with van der Waals surface area (Å²) < 4.78 is 4.73. The van der Waals surface area contributed by atoms with Crippen LogP contribution in [0.1, 0.15) is 0 Å². The van der Waals surface area contributed by atoms with Crippen LogP contribution in [0, 0.1) is 0 Å². The van der Waals surface area contributed by atoms with Gasteiger partial charge in [0.1, 0.15) is 0 Å². The smallest absolute Gasteiger partial charge is 0.0523 e. The van der Waals surface area contributed by atoms with Gasteiger partial charge >= 0.3 is 37.9 Å². The van der Waals surface area contributed by atoms with Gasteiger partial charge in [0.25, 0.3) is 0 Å². The molecule has 0 unspecified atom stereocenters. The summed E-state index contributed by atoms with van der Waals surface area (Å²) in [6, 6.07) is 60.7. The number of aromatic nitrogens is 2. The van der Waals surface area contributed by atoms with Crippen LogP contribution in [0.15, 0.2) is 170 Å².